The number of carboxylic acids is 1. The van der Waals surface area contributed by atoms with E-state index in [4.69, 9.17) is 9.90 Å². The lowest BCUT2D eigenvalue weighted by Gasteiger charge is -2.48. The summed E-state index contributed by atoms with van der Waals surface area (Å²) in [6.45, 7) is 5.86. The number of aliphatic hydroxyl groups is 1. The highest BCUT2D eigenvalue weighted by atomic mass is 19.4. The fourth-order valence-corrected chi connectivity index (χ4v) is 6.98. The van der Waals surface area contributed by atoms with Crippen molar-refractivity contribution in [3.05, 3.63) is 137 Å². The quantitative estimate of drug-likeness (QED) is 0.116. The Bertz CT molecular complexity index is 1930. The van der Waals surface area contributed by atoms with Gasteiger partial charge in [-0.1, -0.05) is 60.7 Å². The standard InChI is InChI=1S/C40H44F2N4O3.C2HF3O2/c1-44-21-23-46(2,24-22-44)27-30-5-3-28(4-6-30)25-38(48)43-26-29-7-9-32(10-8-29)39-36(19-20-37(47)31-11-13-33(41)14-12-31)40(49)45(39)35-17-15-34(42)16-18-35;3-2(4,5)1(6)7/h3-18,36-37,39,47H,19-27H2,1-2H3;(H,6,7). The molecular formula is C42H45F5N4O5. The Morgan fingerprint density at radius 2 is 1.38 bits per heavy atom. The van der Waals surface area contributed by atoms with Gasteiger partial charge in [-0.25, -0.2) is 8.78 Å². The summed E-state index contributed by atoms with van der Waals surface area (Å²) in [4.78, 5) is 39.1. The molecule has 3 atom stereocenters. The van der Waals surface area contributed by atoms with Crippen LogP contribution in [0.5, 0.6) is 0 Å². The van der Waals surface area contributed by atoms with Crippen LogP contribution in [0.3, 0.4) is 0 Å². The second-order valence-electron chi connectivity index (χ2n) is 14.7. The van der Waals surface area contributed by atoms with Crippen LogP contribution in [-0.2, 0) is 33.9 Å². The summed E-state index contributed by atoms with van der Waals surface area (Å²) in [7, 11) is 4.49. The summed E-state index contributed by atoms with van der Waals surface area (Å²) >= 11 is 0. The van der Waals surface area contributed by atoms with Crippen LogP contribution in [0.1, 0.15) is 52.8 Å². The molecule has 2 saturated heterocycles. The molecule has 0 aromatic heterocycles. The Kier molecular flexibility index (Phi) is 13.6. The SMILES string of the molecule is CN1CC[N+](C)(Cc2ccc(CC(=O)NCc3ccc(C4C(CCC(O)c5ccc(F)cc5)C(=O)N4c4ccc(F)cc4)cc3)cc2)CC1.O=C([O-])C(F)(F)F. The molecule has 0 saturated carbocycles. The molecule has 2 aliphatic heterocycles. The molecule has 3 unspecified atom stereocenters. The van der Waals surface area contributed by atoms with Gasteiger partial charge in [-0.2, -0.15) is 13.2 Å². The number of hydrogen-bond acceptors (Lipinski definition) is 6. The largest absolute Gasteiger partial charge is 0.542 e. The van der Waals surface area contributed by atoms with Crippen molar-refractivity contribution in [1.82, 2.24) is 10.2 Å². The average molecular weight is 781 g/mol. The molecule has 56 heavy (non-hydrogen) atoms. The number of carboxylic acid groups (broad SMARTS) is 1. The maximum Gasteiger partial charge on any atom is 0.430 e. The zero-order chi connectivity index (χ0) is 40.6. The van der Waals surface area contributed by atoms with Gasteiger partial charge in [0, 0.05) is 30.9 Å². The zero-order valence-corrected chi connectivity index (χ0v) is 31.1. The normalized spacial score (nSPS) is 18.6. The van der Waals surface area contributed by atoms with Crippen molar-refractivity contribution >= 4 is 23.5 Å². The van der Waals surface area contributed by atoms with Crippen molar-refractivity contribution in [1.29, 1.82) is 0 Å². The number of likely N-dealkylation sites (N-methyl/N-ethyl adjacent to an activating group) is 2. The maximum atomic E-state index is 13.7. The van der Waals surface area contributed by atoms with Crippen LogP contribution < -0.4 is 15.3 Å². The number of nitrogens with zero attached hydrogens (tertiary/aromatic N) is 3. The Labute approximate surface area is 322 Å². The summed E-state index contributed by atoms with van der Waals surface area (Å²) in [5.41, 5.74) is 5.30. The van der Waals surface area contributed by atoms with Gasteiger partial charge in [-0.15, -0.1) is 0 Å². The minimum atomic E-state index is -5.19. The van der Waals surface area contributed by atoms with E-state index < -0.39 is 18.2 Å². The number of amides is 2. The Hall–Kier alpha value is -5.18. The summed E-state index contributed by atoms with van der Waals surface area (Å²) in [6.07, 6.45) is -4.96. The van der Waals surface area contributed by atoms with E-state index >= 15 is 0 Å². The van der Waals surface area contributed by atoms with E-state index in [0.717, 1.165) is 53.9 Å². The highest BCUT2D eigenvalue weighted by molar-refractivity contribution is 6.03. The molecule has 2 amide bonds. The lowest BCUT2D eigenvalue weighted by molar-refractivity contribution is -0.926. The van der Waals surface area contributed by atoms with Crippen molar-refractivity contribution in [2.45, 2.75) is 50.7 Å². The third-order valence-corrected chi connectivity index (χ3v) is 10.4. The van der Waals surface area contributed by atoms with Gasteiger partial charge in [0.25, 0.3) is 0 Å². The molecule has 0 aliphatic carbocycles. The first-order valence-electron chi connectivity index (χ1n) is 18.3. The summed E-state index contributed by atoms with van der Waals surface area (Å²) in [5, 5.41) is 22.5. The summed E-state index contributed by atoms with van der Waals surface area (Å²) in [5.74, 6) is -4.30. The first-order valence-corrected chi connectivity index (χ1v) is 18.3. The number of carbonyl (C=O) groups excluding carboxylic acids is 3. The van der Waals surface area contributed by atoms with Gasteiger partial charge in [0.1, 0.15) is 24.1 Å². The number of halogens is 5. The Morgan fingerprint density at radius 1 is 0.857 bits per heavy atom. The molecule has 9 nitrogen and oxygen atoms in total. The topological polar surface area (TPSA) is 113 Å². The number of aliphatic hydroxyl groups excluding tert-OH is 1. The van der Waals surface area contributed by atoms with E-state index in [2.05, 4.69) is 36.4 Å². The Balaban J connectivity index is 0.000000784. The number of rotatable bonds is 12. The monoisotopic (exact) mass is 780 g/mol. The smallest absolute Gasteiger partial charge is 0.430 e. The van der Waals surface area contributed by atoms with Gasteiger partial charge in [0.05, 0.1) is 44.6 Å². The fourth-order valence-electron chi connectivity index (χ4n) is 6.98. The number of nitrogens with one attached hydrogen (secondary N) is 1. The highest BCUT2D eigenvalue weighted by Gasteiger charge is 2.48. The molecule has 2 aliphatic rings. The van der Waals surface area contributed by atoms with Crippen LogP contribution in [0.4, 0.5) is 27.6 Å². The highest BCUT2D eigenvalue weighted by Crippen LogP contribution is 2.46. The predicted molar refractivity (Wildman–Crippen MR) is 197 cm³/mol. The van der Waals surface area contributed by atoms with Crippen LogP contribution >= 0.6 is 0 Å². The second kappa shape index (κ2) is 18.2. The lowest BCUT2D eigenvalue weighted by Crippen LogP contribution is -2.55. The van der Waals surface area contributed by atoms with Gasteiger partial charge in [-0.3, -0.25) is 14.5 Å². The molecule has 2 heterocycles. The first-order chi connectivity index (χ1) is 26.5. The number of hydrogen-bond donors (Lipinski definition) is 2. The third kappa shape index (κ3) is 11.2. The van der Waals surface area contributed by atoms with Crippen LogP contribution in [0.2, 0.25) is 0 Å². The van der Waals surface area contributed by atoms with Crippen LogP contribution in [0.25, 0.3) is 0 Å². The molecule has 14 heteroatoms. The van der Waals surface area contributed by atoms with Crippen LogP contribution in [-0.4, -0.2) is 78.7 Å². The van der Waals surface area contributed by atoms with E-state index in [0.29, 0.717) is 37.1 Å². The third-order valence-electron chi connectivity index (χ3n) is 10.4. The molecule has 4 aromatic rings. The average Bonchev–Trinajstić information content (AvgIpc) is 3.16. The molecule has 2 fully saturated rings. The van der Waals surface area contributed by atoms with Gasteiger partial charge >= 0.3 is 6.18 Å². The van der Waals surface area contributed by atoms with E-state index in [1.807, 2.05) is 36.4 Å². The number of aliphatic carboxylic acids is 1. The van der Waals surface area contributed by atoms with E-state index in [1.54, 1.807) is 29.2 Å². The summed E-state index contributed by atoms with van der Waals surface area (Å²) in [6, 6.07) is 27.5. The van der Waals surface area contributed by atoms with Crippen molar-refractivity contribution in [2.24, 2.45) is 5.92 Å². The molecule has 0 radical (unpaired) electrons. The number of carbonyl (C=O) groups is 3. The van der Waals surface area contributed by atoms with Crippen molar-refractivity contribution < 1.29 is 51.0 Å². The Morgan fingerprint density at radius 3 is 1.93 bits per heavy atom. The maximum absolute atomic E-state index is 13.7. The van der Waals surface area contributed by atoms with Crippen LogP contribution in [0.15, 0.2) is 97.1 Å². The van der Waals surface area contributed by atoms with Gasteiger partial charge in [0.15, 0.2) is 0 Å². The molecule has 298 valence electrons. The lowest BCUT2D eigenvalue weighted by atomic mass is 9.78. The fraction of sp³-hybridized carbons (Fsp3) is 0.357. The molecule has 4 aromatic carbocycles. The number of benzene rings is 4. The van der Waals surface area contributed by atoms with Crippen molar-refractivity contribution in [3.63, 3.8) is 0 Å². The first kappa shape index (κ1) is 42.0. The van der Waals surface area contributed by atoms with E-state index in [1.165, 1.54) is 29.8 Å². The van der Waals surface area contributed by atoms with Crippen molar-refractivity contribution in [3.8, 4) is 0 Å². The number of piperazine rings is 1. The molecule has 0 spiro atoms. The minimum absolute atomic E-state index is 0.0539. The minimum Gasteiger partial charge on any atom is -0.542 e. The van der Waals surface area contributed by atoms with Gasteiger partial charge in [-0.05, 0) is 78.5 Å². The van der Waals surface area contributed by atoms with Gasteiger partial charge < -0.3 is 29.7 Å². The summed E-state index contributed by atoms with van der Waals surface area (Å²) < 4.78 is 59.6. The molecule has 0 bridgehead atoms. The predicted octanol–water partition coefficient (Wildman–Crippen LogP) is 5.23. The molecule has 2 N–H and O–H groups in total. The number of β-lactam (4-membered cyclic amide) rings is 1. The van der Waals surface area contributed by atoms with E-state index in [9.17, 15) is 36.6 Å². The van der Waals surface area contributed by atoms with Crippen LogP contribution in [0, 0.1) is 17.6 Å². The number of alkyl halides is 3. The second-order valence-corrected chi connectivity index (χ2v) is 14.7. The zero-order valence-electron chi connectivity index (χ0n) is 31.1. The molecular weight excluding hydrogens is 735 g/mol. The van der Waals surface area contributed by atoms with E-state index in [-0.39, 0.29) is 35.4 Å². The van der Waals surface area contributed by atoms with Crippen molar-refractivity contribution in [2.75, 3.05) is 45.2 Å². The number of quaternary nitrogens is 1. The van der Waals surface area contributed by atoms with Gasteiger partial charge in [0.2, 0.25) is 11.8 Å². The number of anilines is 1. The molecule has 6 rings (SSSR count).